The highest BCUT2D eigenvalue weighted by Gasteiger charge is 2.41. The van der Waals surface area contributed by atoms with Gasteiger partial charge in [0.25, 0.3) is 11.5 Å². The summed E-state index contributed by atoms with van der Waals surface area (Å²) in [6.45, 7) is -1.42. The third kappa shape index (κ3) is 4.92. The molecule has 2 N–H and O–H groups in total. The third-order valence-corrected chi connectivity index (χ3v) is 4.55. The van der Waals surface area contributed by atoms with E-state index in [0.29, 0.717) is 9.70 Å². The summed E-state index contributed by atoms with van der Waals surface area (Å²) in [6, 6.07) is 7.98. The first-order valence-electron chi connectivity index (χ1n) is 8.74. The van der Waals surface area contributed by atoms with Gasteiger partial charge >= 0.3 is 6.18 Å². The van der Waals surface area contributed by atoms with Gasteiger partial charge in [-0.25, -0.2) is 4.39 Å². The molecule has 1 unspecified atom stereocenters. The zero-order valence-corrected chi connectivity index (χ0v) is 16.3. The number of rotatable bonds is 5. The molecule has 1 atom stereocenters. The Morgan fingerprint density at radius 1 is 1.19 bits per heavy atom. The molecule has 0 bridgehead atoms. The zero-order valence-electron chi connectivity index (χ0n) is 15.5. The van der Waals surface area contributed by atoms with Gasteiger partial charge in [0.15, 0.2) is 0 Å². The van der Waals surface area contributed by atoms with E-state index in [9.17, 15) is 27.2 Å². The van der Waals surface area contributed by atoms with Crippen LogP contribution in [0.25, 0.3) is 16.8 Å². The van der Waals surface area contributed by atoms with E-state index in [1.807, 2.05) is 0 Å². The van der Waals surface area contributed by atoms with E-state index in [-0.39, 0.29) is 16.8 Å². The SMILES string of the molecule is O=C(NC(CO)C(F)(F)F)c1c(-c2ccc(Cl)cc2)cnn(-c2cccc(F)c2)c1=O. The average Bonchev–Trinajstić information content (AvgIpc) is 2.71. The second kappa shape index (κ2) is 8.86. The summed E-state index contributed by atoms with van der Waals surface area (Å²) < 4.78 is 53.4. The Kier molecular flexibility index (Phi) is 6.42. The highest BCUT2D eigenvalue weighted by atomic mass is 35.5. The monoisotopic (exact) mass is 455 g/mol. The molecule has 0 spiro atoms. The first-order valence-corrected chi connectivity index (χ1v) is 9.12. The summed E-state index contributed by atoms with van der Waals surface area (Å²) in [6.07, 6.45) is -3.84. The Morgan fingerprint density at radius 2 is 1.87 bits per heavy atom. The summed E-state index contributed by atoms with van der Waals surface area (Å²) >= 11 is 5.84. The van der Waals surface area contributed by atoms with Crippen LogP contribution in [0.5, 0.6) is 0 Å². The van der Waals surface area contributed by atoms with Gasteiger partial charge in [-0.3, -0.25) is 9.59 Å². The van der Waals surface area contributed by atoms with E-state index in [1.54, 1.807) is 5.32 Å². The fourth-order valence-corrected chi connectivity index (χ4v) is 2.90. The number of hydrogen-bond acceptors (Lipinski definition) is 4. The molecule has 0 saturated heterocycles. The lowest BCUT2D eigenvalue weighted by Gasteiger charge is -2.20. The van der Waals surface area contributed by atoms with Crippen LogP contribution in [0.2, 0.25) is 5.02 Å². The summed E-state index contributed by atoms with van der Waals surface area (Å²) in [5, 5.41) is 14.9. The number of hydrogen-bond donors (Lipinski definition) is 2. The maximum Gasteiger partial charge on any atom is 0.410 e. The lowest BCUT2D eigenvalue weighted by molar-refractivity contribution is -0.161. The zero-order chi connectivity index (χ0) is 22.8. The number of carbonyl (C=O) groups is 1. The van der Waals surface area contributed by atoms with Gasteiger partial charge < -0.3 is 10.4 Å². The van der Waals surface area contributed by atoms with Gasteiger partial charge in [0.05, 0.1) is 18.5 Å². The van der Waals surface area contributed by atoms with Gasteiger partial charge in [0.2, 0.25) is 0 Å². The number of halogens is 5. The van der Waals surface area contributed by atoms with Crippen molar-refractivity contribution in [1.29, 1.82) is 0 Å². The predicted molar refractivity (Wildman–Crippen MR) is 105 cm³/mol. The number of nitrogens with zero attached hydrogens (tertiary/aromatic N) is 2. The molecule has 11 heteroatoms. The highest BCUT2D eigenvalue weighted by molar-refractivity contribution is 6.30. The molecule has 1 amide bonds. The van der Waals surface area contributed by atoms with Crippen LogP contribution in [-0.2, 0) is 0 Å². The van der Waals surface area contributed by atoms with Crippen molar-refractivity contribution in [3.8, 4) is 16.8 Å². The topological polar surface area (TPSA) is 84.2 Å². The molecular formula is C20H14ClF4N3O3. The van der Waals surface area contributed by atoms with E-state index in [2.05, 4.69) is 5.10 Å². The summed E-state index contributed by atoms with van der Waals surface area (Å²) in [5.41, 5.74) is -1.54. The molecular weight excluding hydrogens is 442 g/mol. The molecule has 0 aliphatic carbocycles. The Hall–Kier alpha value is -3.24. The first kappa shape index (κ1) is 22.4. The molecule has 0 aliphatic heterocycles. The van der Waals surface area contributed by atoms with Gasteiger partial charge in [-0.1, -0.05) is 29.8 Å². The van der Waals surface area contributed by atoms with Crippen LogP contribution in [0, 0.1) is 5.82 Å². The molecule has 6 nitrogen and oxygen atoms in total. The van der Waals surface area contributed by atoms with Crippen molar-refractivity contribution in [2.75, 3.05) is 6.61 Å². The number of aliphatic hydroxyl groups excluding tert-OH is 1. The van der Waals surface area contributed by atoms with Gasteiger partial charge in [-0.2, -0.15) is 23.0 Å². The minimum absolute atomic E-state index is 0.0313. The molecule has 1 aromatic heterocycles. The normalized spacial score (nSPS) is 12.5. The van der Waals surface area contributed by atoms with Crippen molar-refractivity contribution in [3.05, 3.63) is 81.5 Å². The molecule has 31 heavy (non-hydrogen) atoms. The van der Waals surface area contributed by atoms with Gasteiger partial charge in [0, 0.05) is 10.6 Å². The van der Waals surface area contributed by atoms with E-state index >= 15 is 0 Å². The van der Waals surface area contributed by atoms with Crippen molar-refractivity contribution in [3.63, 3.8) is 0 Å². The Bertz CT molecular complexity index is 1160. The van der Waals surface area contributed by atoms with Gasteiger partial charge in [-0.05, 0) is 35.9 Å². The van der Waals surface area contributed by atoms with Crippen molar-refractivity contribution >= 4 is 17.5 Å². The van der Waals surface area contributed by atoms with Crippen LogP contribution in [-0.4, -0.2) is 39.6 Å². The number of nitrogens with one attached hydrogen (secondary N) is 1. The van der Waals surface area contributed by atoms with Crippen LogP contribution in [0.1, 0.15) is 10.4 Å². The minimum Gasteiger partial charge on any atom is -0.394 e. The Balaban J connectivity index is 2.18. The maximum atomic E-state index is 13.6. The average molecular weight is 456 g/mol. The smallest absolute Gasteiger partial charge is 0.394 e. The second-order valence-electron chi connectivity index (χ2n) is 6.39. The first-order chi connectivity index (χ1) is 14.6. The number of benzene rings is 2. The van der Waals surface area contributed by atoms with Crippen LogP contribution in [0.3, 0.4) is 0 Å². The molecule has 0 aliphatic rings. The van der Waals surface area contributed by atoms with Crippen LogP contribution in [0.4, 0.5) is 17.6 Å². The number of carbonyl (C=O) groups excluding carboxylic acids is 1. The molecule has 3 aromatic rings. The lowest BCUT2D eigenvalue weighted by Crippen LogP contribution is -2.49. The van der Waals surface area contributed by atoms with Crippen molar-refractivity contribution in [2.45, 2.75) is 12.2 Å². The number of aromatic nitrogens is 2. The van der Waals surface area contributed by atoms with E-state index in [4.69, 9.17) is 16.7 Å². The molecule has 162 valence electrons. The van der Waals surface area contributed by atoms with Gasteiger partial charge in [-0.15, -0.1) is 0 Å². The summed E-state index contributed by atoms with van der Waals surface area (Å²) in [4.78, 5) is 25.8. The molecule has 2 aromatic carbocycles. The lowest BCUT2D eigenvalue weighted by atomic mass is 10.0. The summed E-state index contributed by atoms with van der Waals surface area (Å²) in [5.74, 6) is -2.06. The summed E-state index contributed by atoms with van der Waals surface area (Å²) in [7, 11) is 0. The Labute approximate surface area is 177 Å². The third-order valence-electron chi connectivity index (χ3n) is 4.30. The molecule has 0 radical (unpaired) electrons. The van der Waals surface area contributed by atoms with Crippen LogP contribution in [0.15, 0.2) is 59.5 Å². The van der Waals surface area contributed by atoms with Crippen molar-refractivity contribution in [2.24, 2.45) is 0 Å². The van der Waals surface area contributed by atoms with Crippen LogP contribution < -0.4 is 10.9 Å². The van der Waals surface area contributed by atoms with E-state index in [0.717, 1.165) is 18.3 Å². The standard InChI is InChI=1S/C20H14ClF4N3O3/c21-12-6-4-11(5-7-12)15-9-26-28(14-3-1-2-13(22)8-14)19(31)17(15)18(30)27-16(10-29)20(23,24)25/h1-9,16,29H,10H2,(H,27,30). The molecule has 0 fully saturated rings. The maximum absolute atomic E-state index is 13.6. The number of alkyl halides is 3. The second-order valence-corrected chi connectivity index (χ2v) is 6.82. The highest BCUT2D eigenvalue weighted by Crippen LogP contribution is 2.25. The predicted octanol–water partition coefficient (Wildman–Crippen LogP) is 3.35. The fraction of sp³-hybridized carbons (Fsp3) is 0.150. The largest absolute Gasteiger partial charge is 0.410 e. The number of amides is 1. The van der Waals surface area contributed by atoms with Crippen LogP contribution >= 0.6 is 11.6 Å². The van der Waals surface area contributed by atoms with Gasteiger partial charge in [0.1, 0.15) is 17.4 Å². The fourth-order valence-electron chi connectivity index (χ4n) is 2.77. The molecule has 1 heterocycles. The van der Waals surface area contributed by atoms with Crippen molar-refractivity contribution < 1.29 is 27.5 Å². The Morgan fingerprint density at radius 3 is 2.45 bits per heavy atom. The minimum atomic E-state index is -4.94. The molecule has 3 rings (SSSR count). The van der Waals surface area contributed by atoms with E-state index < -0.39 is 41.7 Å². The van der Waals surface area contributed by atoms with E-state index in [1.165, 1.54) is 36.4 Å². The molecule has 0 saturated carbocycles. The van der Waals surface area contributed by atoms with Crippen molar-refractivity contribution in [1.82, 2.24) is 15.1 Å². The quantitative estimate of drug-likeness (QED) is 0.578. The number of aliphatic hydroxyl groups is 1.